The van der Waals surface area contributed by atoms with Gasteiger partial charge in [0.15, 0.2) is 5.78 Å². The molecule has 2 rings (SSSR count). The SMILES string of the molecule is CO[C@H](CC(=O)c1ccccc1)N[C@@H](C)[C@@H](O)c1ccccc1. The fraction of sp³-hybridized carbons (Fsp3) is 0.316. The molecule has 0 radical (unpaired) electrons. The van der Waals surface area contributed by atoms with E-state index < -0.39 is 12.3 Å². The third kappa shape index (κ3) is 4.99. The lowest BCUT2D eigenvalue weighted by atomic mass is 10.0. The number of aliphatic hydroxyl groups excluding tert-OH is 1. The van der Waals surface area contributed by atoms with Crippen LogP contribution in [0.3, 0.4) is 0 Å². The summed E-state index contributed by atoms with van der Waals surface area (Å²) in [5.74, 6) is 0.00588. The summed E-state index contributed by atoms with van der Waals surface area (Å²) in [4.78, 5) is 12.3. The van der Waals surface area contributed by atoms with Crippen molar-refractivity contribution in [2.24, 2.45) is 0 Å². The highest BCUT2D eigenvalue weighted by atomic mass is 16.5. The van der Waals surface area contributed by atoms with Gasteiger partial charge in [-0.05, 0) is 12.5 Å². The van der Waals surface area contributed by atoms with Crippen LogP contribution in [0.5, 0.6) is 0 Å². The van der Waals surface area contributed by atoms with E-state index in [1.807, 2.05) is 55.5 Å². The van der Waals surface area contributed by atoms with Gasteiger partial charge in [0.05, 0.1) is 12.5 Å². The summed E-state index contributed by atoms with van der Waals surface area (Å²) in [6.07, 6.45) is -0.899. The molecule has 0 spiro atoms. The predicted molar refractivity (Wildman–Crippen MR) is 90.2 cm³/mol. The molecule has 0 saturated heterocycles. The molecule has 0 aliphatic heterocycles. The maximum atomic E-state index is 12.3. The van der Waals surface area contributed by atoms with E-state index >= 15 is 0 Å². The van der Waals surface area contributed by atoms with Crippen LogP contribution in [-0.2, 0) is 4.74 Å². The summed E-state index contributed by atoms with van der Waals surface area (Å²) in [6, 6.07) is 18.3. The van der Waals surface area contributed by atoms with Gasteiger partial charge >= 0.3 is 0 Å². The molecule has 0 fully saturated rings. The van der Waals surface area contributed by atoms with Crippen LogP contribution in [0.15, 0.2) is 60.7 Å². The Labute approximate surface area is 137 Å². The average Bonchev–Trinajstić information content (AvgIpc) is 2.61. The van der Waals surface area contributed by atoms with Gasteiger partial charge in [-0.1, -0.05) is 60.7 Å². The number of carbonyl (C=O) groups excluding carboxylic acids is 1. The van der Waals surface area contributed by atoms with Crippen LogP contribution < -0.4 is 5.32 Å². The fourth-order valence-corrected chi connectivity index (χ4v) is 2.44. The van der Waals surface area contributed by atoms with Crippen molar-refractivity contribution in [2.75, 3.05) is 7.11 Å². The van der Waals surface area contributed by atoms with Crippen LogP contribution in [0, 0.1) is 0 Å². The first-order valence-electron chi connectivity index (χ1n) is 7.72. The fourth-order valence-electron chi connectivity index (χ4n) is 2.44. The maximum Gasteiger partial charge on any atom is 0.166 e. The van der Waals surface area contributed by atoms with Gasteiger partial charge in [0.2, 0.25) is 0 Å². The van der Waals surface area contributed by atoms with Gasteiger partial charge in [-0.2, -0.15) is 0 Å². The van der Waals surface area contributed by atoms with Crippen LogP contribution in [0.4, 0.5) is 0 Å². The Hall–Kier alpha value is -2.01. The molecular weight excluding hydrogens is 290 g/mol. The van der Waals surface area contributed by atoms with Crippen molar-refractivity contribution in [2.45, 2.75) is 31.7 Å². The zero-order valence-electron chi connectivity index (χ0n) is 13.5. The van der Waals surface area contributed by atoms with Crippen LogP contribution in [0.25, 0.3) is 0 Å². The first-order chi connectivity index (χ1) is 11.1. The van der Waals surface area contributed by atoms with Gasteiger partial charge < -0.3 is 9.84 Å². The standard InChI is InChI=1S/C19H23NO3/c1-14(19(22)16-11-7-4-8-12-16)20-18(23-2)13-17(21)15-9-5-3-6-10-15/h3-12,14,18-20,22H,13H2,1-2H3/t14-,18+,19+/m0/s1. The molecule has 0 amide bonds. The predicted octanol–water partition coefficient (Wildman–Crippen LogP) is 2.94. The molecule has 2 aromatic rings. The Balaban J connectivity index is 1.95. The molecule has 23 heavy (non-hydrogen) atoms. The number of nitrogens with one attached hydrogen (secondary N) is 1. The average molecular weight is 313 g/mol. The minimum Gasteiger partial charge on any atom is -0.387 e. The van der Waals surface area contributed by atoms with Crippen molar-refractivity contribution in [3.05, 3.63) is 71.8 Å². The summed E-state index contributed by atoms with van der Waals surface area (Å²) in [5, 5.41) is 13.6. The number of methoxy groups -OCH3 is 1. The quantitative estimate of drug-likeness (QED) is 0.581. The largest absolute Gasteiger partial charge is 0.387 e. The first kappa shape index (κ1) is 17.3. The van der Waals surface area contributed by atoms with Crippen molar-refractivity contribution >= 4 is 5.78 Å². The molecule has 2 N–H and O–H groups in total. The van der Waals surface area contributed by atoms with Gasteiger partial charge in [-0.3, -0.25) is 10.1 Å². The third-order valence-corrected chi connectivity index (χ3v) is 3.81. The lowest BCUT2D eigenvalue weighted by Gasteiger charge is -2.25. The van der Waals surface area contributed by atoms with E-state index in [-0.39, 0.29) is 18.2 Å². The van der Waals surface area contributed by atoms with Crippen molar-refractivity contribution < 1.29 is 14.6 Å². The van der Waals surface area contributed by atoms with E-state index in [1.165, 1.54) is 0 Å². The normalized spacial score (nSPS) is 14.9. The van der Waals surface area contributed by atoms with E-state index in [2.05, 4.69) is 5.32 Å². The summed E-state index contributed by atoms with van der Waals surface area (Å²) < 4.78 is 5.36. The number of aliphatic hydroxyl groups is 1. The van der Waals surface area contributed by atoms with Crippen molar-refractivity contribution in [1.29, 1.82) is 0 Å². The second-order valence-corrected chi connectivity index (χ2v) is 5.53. The second-order valence-electron chi connectivity index (χ2n) is 5.53. The van der Waals surface area contributed by atoms with E-state index in [0.717, 1.165) is 5.56 Å². The van der Waals surface area contributed by atoms with Crippen molar-refractivity contribution in [1.82, 2.24) is 5.32 Å². The monoisotopic (exact) mass is 313 g/mol. The number of carbonyl (C=O) groups is 1. The van der Waals surface area contributed by atoms with E-state index in [0.29, 0.717) is 5.56 Å². The zero-order chi connectivity index (χ0) is 16.7. The molecule has 0 aliphatic rings. The Morgan fingerprint density at radius 3 is 2.22 bits per heavy atom. The minimum atomic E-state index is -0.666. The Morgan fingerprint density at radius 2 is 1.65 bits per heavy atom. The molecule has 0 bridgehead atoms. The zero-order valence-corrected chi connectivity index (χ0v) is 13.5. The van der Waals surface area contributed by atoms with E-state index in [1.54, 1.807) is 19.2 Å². The van der Waals surface area contributed by atoms with Crippen molar-refractivity contribution in [3.63, 3.8) is 0 Å². The summed E-state index contributed by atoms with van der Waals surface area (Å²) >= 11 is 0. The molecule has 0 aromatic heterocycles. The molecule has 2 aromatic carbocycles. The van der Waals surface area contributed by atoms with Gasteiger partial charge in [0, 0.05) is 18.7 Å². The highest BCUT2D eigenvalue weighted by Gasteiger charge is 2.21. The van der Waals surface area contributed by atoms with Crippen LogP contribution >= 0.6 is 0 Å². The van der Waals surface area contributed by atoms with Crippen molar-refractivity contribution in [3.8, 4) is 0 Å². The maximum absolute atomic E-state index is 12.3. The summed E-state index contributed by atoms with van der Waals surface area (Å²) in [6.45, 7) is 1.87. The van der Waals surface area contributed by atoms with Gasteiger partial charge in [0.1, 0.15) is 6.23 Å². The number of rotatable bonds is 8. The highest BCUT2D eigenvalue weighted by Crippen LogP contribution is 2.17. The first-order valence-corrected chi connectivity index (χ1v) is 7.72. The molecule has 0 unspecified atom stereocenters. The van der Waals surface area contributed by atoms with Gasteiger partial charge in [-0.25, -0.2) is 0 Å². The number of ketones is 1. The smallest absolute Gasteiger partial charge is 0.166 e. The van der Waals surface area contributed by atoms with Gasteiger partial charge in [0.25, 0.3) is 0 Å². The minimum absolute atomic E-state index is 0.00588. The number of hydrogen-bond acceptors (Lipinski definition) is 4. The molecular formula is C19H23NO3. The highest BCUT2D eigenvalue weighted by molar-refractivity contribution is 5.96. The molecule has 122 valence electrons. The number of Topliss-reactive ketones (excluding diaryl/α,β-unsaturated/α-hetero) is 1. The second kappa shape index (κ2) is 8.58. The Bertz CT molecular complexity index is 601. The topological polar surface area (TPSA) is 58.6 Å². The van der Waals surface area contributed by atoms with E-state index in [4.69, 9.17) is 4.74 Å². The molecule has 4 heteroatoms. The van der Waals surface area contributed by atoms with Gasteiger partial charge in [-0.15, -0.1) is 0 Å². The lowest BCUT2D eigenvalue weighted by molar-refractivity contribution is 0.0311. The molecule has 0 saturated carbocycles. The Morgan fingerprint density at radius 1 is 1.09 bits per heavy atom. The third-order valence-electron chi connectivity index (χ3n) is 3.81. The van der Waals surface area contributed by atoms with Crippen LogP contribution in [0.1, 0.15) is 35.4 Å². The molecule has 0 aliphatic carbocycles. The summed E-state index contributed by atoms with van der Waals surface area (Å²) in [5.41, 5.74) is 1.49. The molecule has 0 heterocycles. The molecule has 4 nitrogen and oxygen atoms in total. The molecule has 3 atom stereocenters. The van der Waals surface area contributed by atoms with Crippen LogP contribution in [0.2, 0.25) is 0 Å². The van der Waals surface area contributed by atoms with Crippen LogP contribution in [-0.4, -0.2) is 30.3 Å². The van der Waals surface area contributed by atoms with E-state index in [9.17, 15) is 9.90 Å². The lowest BCUT2D eigenvalue weighted by Crippen LogP contribution is -2.42. The Kier molecular flexibility index (Phi) is 6.47. The number of hydrogen-bond donors (Lipinski definition) is 2. The summed E-state index contributed by atoms with van der Waals surface area (Å²) in [7, 11) is 1.55. The number of ether oxygens (including phenoxy) is 1. The number of benzene rings is 2.